The van der Waals surface area contributed by atoms with Crippen LogP contribution in [0.15, 0.2) is 47.2 Å². The number of furan rings is 1. The molecule has 1 aliphatic rings. The van der Waals surface area contributed by atoms with Gasteiger partial charge in [-0.05, 0) is 55.9 Å². The van der Waals surface area contributed by atoms with Crippen molar-refractivity contribution in [2.24, 2.45) is 0 Å². The number of aliphatic hydroxyl groups is 1. The zero-order valence-electron chi connectivity index (χ0n) is 15.8. The van der Waals surface area contributed by atoms with Gasteiger partial charge in [-0.1, -0.05) is 18.0 Å². The van der Waals surface area contributed by atoms with Gasteiger partial charge in [0.2, 0.25) is 0 Å². The molecule has 140 valence electrons. The van der Waals surface area contributed by atoms with E-state index in [9.17, 15) is 5.11 Å². The van der Waals surface area contributed by atoms with Crippen LogP contribution in [-0.4, -0.2) is 38.7 Å². The molecule has 6 heteroatoms. The average Bonchev–Trinajstić information content (AvgIpc) is 3.12. The summed E-state index contributed by atoms with van der Waals surface area (Å²) in [4.78, 5) is 8.78. The molecule has 0 amide bonds. The molecular formula is C21H23N3O2S. The number of hydrogen-bond acceptors (Lipinski definition) is 6. The highest BCUT2D eigenvalue weighted by molar-refractivity contribution is 7.96. The molecule has 0 spiro atoms. The van der Waals surface area contributed by atoms with Crippen molar-refractivity contribution in [3.05, 3.63) is 54.2 Å². The van der Waals surface area contributed by atoms with Crippen molar-refractivity contribution in [3.8, 4) is 11.1 Å². The Morgan fingerprint density at radius 3 is 2.70 bits per heavy atom. The minimum Gasteiger partial charge on any atom is -0.454 e. The van der Waals surface area contributed by atoms with Crippen LogP contribution in [0, 0.1) is 0 Å². The molecule has 1 aliphatic heterocycles. The average molecular weight is 382 g/mol. The quantitative estimate of drug-likeness (QED) is 0.672. The minimum absolute atomic E-state index is 0.629. The van der Waals surface area contributed by atoms with Crippen molar-refractivity contribution >= 4 is 28.6 Å². The molecule has 3 aromatic heterocycles. The minimum atomic E-state index is -0.993. The predicted molar refractivity (Wildman–Crippen MR) is 110 cm³/mol. The zero-order valence-corrected chi connectivity index (χ0v) is 16.6. The van der Waals surface area contributed by atoms with E-state index in [4.69, 9.17) is 4.42 Å². The topological polar surface area (TPSA) is 62.4 Å². The van der Waals surface area contributed by atoms with E-state index in [-0.39, 0.29) is 0 Å². The van der Waals surface area contributed by atoms with Gasteiger partial charge in [-0.2, -0.15) is 0 Å². The van der Waals surface area contributed by atoms with Crippen molar-refractivity contribution in [1.29, 1.82) is 0 Å². The zero-order chi connectivity index (χ0) is 19.0. The lowest BCUT2D eigenvalue weighted by Crippen LogP contribution is -2.21. The van der Waals surface area contributed by atoms with Crippen molar-refractivity contribution in [3.63, 3.8) is 0 Å². The number of nitrogens with zero attached hydrogens (tertiary/aromatic N) is 3. The van der Waals surface area contributed by atoms with Crippen LogP contribution >= 0.6 is 11.9 Å². The van der Waals surface area contributed by atoms with Gasteiger partial charge in [-0.3, -0.25) is 9.97 Å². The van der Waals surface area contributed by atoms with E-state index in [0.29, 0.717) is 5.69 Å². The standard InChI is InChI=1S/C21H23N3O2S/c1-21(2,25)19-12-15(4-8-23-19)16-5-9-22-17-13-18(26-20(16)17)14-6-10-24(27-3)11-7-14/h4-6,8-9,12-13,25H,7,10-11H2,1-3H3. The van der Waals surface area contributed by atoms with Crippen molar-refractivity contribution in [2.45, 2.75) is 25.9 Å². The maximum Gasteiger partial charge on any atom is 0.161 e. The van der Waals surface area contributed by atoms with Gasteiger partial charge in [0.25, 0.3) is 0 Å². The van der Waals surface area contributed by atoms with Crippen molar-refractivity contribution in [1.82, 2.24) is 14.3 Å². The number of fused-ring (bicyclic) bond motifs is 1. The third kappa shape index (κ3) is 3.65. The molecule has 0 unspecified atom stereocenters. The fourth-order valence-corrected chi connectivity index (χ4v) is 3.79. The summed E-state index contributed by atoms with van der Waals surface area (Å²) in [5, 5.41) is 10.3. The summed E-state index contributed by atoms with van der Waals surface area (Å²) in [6.07, 6.45) is 8.82. The molecule has 0 saturated heterocycles. The molecule has 27 heavy (non-hydrogen) atoms. The van der Waals surface area contributed by atoms with Gasteiger partial charge < -0.3 is 9.52 Å². The van der Waals surface area contributed by atoms with Gasteiger partial charge in [0.1, 0.15) is 16.9 Å². The fraction of sp³-hybridized carbons (Fsp3) is 0.333. The maximum absolute atomic E-state index is 10.3. The summed E-state index contributed by atoms with van der Waals surface area (Å²) in [6.45, 7) is 5.41. The first-order valence-electron chi connectivity index (χ1n) is 9.02. The van der Waals surface area contributed by atoms with Crippen LogP contribution in [0.3, 0.4) is 0 Å². The lowest BCUT2D eigenvalue weighted by atomic mass is 10.00. The Kier molecular flexibility index (Phi) is 4.80. The smallest absolute Gasteiger partial charge is 0.161 e. The van der Waals surface area contributed by atoms with Gasteiger partial charge in [-0.15, -0.1) is 0 Å². The molecule has 1 N–H and O–H groups in total. The summed E-state index contributed by atoms with van der Waals surface area (Å²) in [7, 11) is 0. The number of rotatable bonds is 4. The summed E-state index contributed by atoms with van der Waals surface area (Å²) < 4.78 is 8.57. The lowest BCUT2D eigenvalue weighted by molar-refractivity contribution is 0.0739. The Hall–Kier alpha value is -2.15. The van der Waals surface area contributed by atoms with Crippen LogP contribution in [0.4, 0.5) is 0 Å². The first-order valence-corrected chi connectivity index (χ1v) is 10.2. The van der Waals surface area contributed by atoms with Crippen LogP contribution in [-0.2, 0) is 5.60 Å². The van der Waals surface area contributed by atoms with Crippen molar-refractivity contribution in [2.75, 3.05) is 19.3 Å². The molecule has 5 nitrogen and oxygen atoms in total. The monoisotopic (exact) mass is 381 g/mol. The second-order valence-electron chi connectivity index (χ2n) is 7.22. The highest BCUT2D eigenvalue weighted by Crippen LogP contribution is 2.34. The van der Waals surface area contributed by atoms with Crippen molar-refractivity contribution < 1.29 is 9.52 Å². The number of aromatic nitrogens is 2. The molecule has 3 aromatic rings. The first-order chi connectivity index (χ1) is 13.0. The normalized spacial score (nSPS) is 15.9. The van der Waals surface area contributed by atoms with E-state index in [0.717, 1.165) is 47.5 Å². The Labute approximate surface area is 163 Å². The van der Waals surface area contributed by atoms with Gasteiger partial charge >= 0.3 is 0 Å². The molecule has 4 rings (SSSR count). The fourth-order valence-electron chi connectivity index (χ4n) is 3.30. The molecule has 0 fully saturated rings. The largest absolute Gasteiger partial charge is 0.454 e. The Balaban J connectivity index is 1.76. The SMILES string of the molecule is CSN1CC=C(c2cc3nccc(-c4ccnc(C(C)(C)O)c4)c3o2)CC1. The lowest BCUT2D eigenvalue weighted by Gasteiger charge is -2.22. The molecule has 0 atom stereocenters. The van der Waals surface area contributed by atoms with Gasteiger partial charge in [0.15, 0.2) is 5.58 Å². The van der Waals surface area contributed by atoms with E-state index in [1.165, 1.54) is 5.57 Å². The van der Waals surface area contributed by atoms with Crippen LogP contribution in [0.25, 0.3) is 27.8 Å². The van der Waals surface area contributed by atoms with Crippen LogP contribution in [0.5, 0.6) is 0 Å². The summed E-state index contributed by atoms with van der Waals surface area (Å²) in [5.74, 6) is 0.891. The predicted octanol–water partition coefficient (Wildman–Crippen LogP) is 4.48. The Morgan fingerprint density at radius 2 is 2.00 bits per heavy atom. The molecule has 0 saturated carbocycles. The van der Waals surface area contributed by atoms with E-state index < -0.39 is 5.60 Å². The highest BCUT2D eigenvalue weighted by Gasteiger charge is 2.20. The van der Waals surface area contributed by atoms with E-state index in [1.807, 2.05) is 24.3 Å². The van der Waals surface area contributed by atoms with Gasteiger partial charge in [0.05, 0.1) is 5.69 Å². The second kappa shape index (κ2) is 7.11. The summed E-state index contributed by atoms with van der Waals surface area (Å²) >= 11 is 1.77. The third-order valence-electron chi connectivity index (χ3n) is 4.86. The van der Waals surface area contributed by atoms with Crippen LogP contribution < -0.4 is 0 Å². The Bertz CT molecular complexity index is 1000. The summed E-state index contributed by atoms with van der Waals surface area (Å²) in [6, 6.07) is 7.82. The van der Waals surface area contributed by atoms with Gasteiger partial charge in [0, 0.05) is 37.1 Å². The number of pyridine rings is 2. The molecule has 4 heterocycles. The molecule has 0 radical (unpaired) electrons. The van der Waals surface area contributed by atoms with E-state index in [1.54, 1.807) is 38.2 Å². The van der Waals surface area contributed by atoms with Crippen LogP contribution in [0.1, 0.15) is 31.7 Å². The van der Waals surface area contributed by atoms with Crippen LogP contribution in [0.2, 0.25) is 0 Å². The molecule has 0 bridgehead atoms. The molecule has 0 aromatic carbocycles. The first kappa shape index (κ1) is 18.2. The molecule has 0 aliphatic carbocycles. The second-order valence-corrected chi connectivity index (χ2v) is 8.10. The maximum atomic E-state index is 10.3. The van der Waals surface area contributed by atoms with E-state index in [2.05, 4.69) is 26.6 Å². The summed E-state index contributed by atoms with van der Waals surface area (Å²) in [5.41, 5.74) is 4.40. The molecular weight excluding hydrogens is 358 g/mol. The van der Waals surface area contributed by atoms with Gasteiger partial charge in [-0.25, -0.2) is 4.31 Å². The third-order valence-corrected chi connectivity index (χ3v) is 5.70. The highest BCUT2D eigenvalue weighted by atomic mass is 32.2. The van der Waals surface area contributed by atoms with E-state index >= 15 is 0 Å². The number of hydrogen-bond donors (Lipinski definition) is 1. The Morgan fingerprint density at radius 1 is 1.19 bits per heavy atom.